The lowest BCUT2D eigenvalue weighted by Gasteiger charge is -2.45. The third-order valence-corrected chi connectivity index (χ3v) is 11.9. The predicted octanol–water partition coefficient (Wildman–Crippen LogP) is 8.02. The van der Waals surface area contributed by atoms with Gasteiger partial charge in [0.15, 0.2) is 0 Å². The van der Waals surface area contributed by atoms with Crippen LogP contribution in [0.15, 0.2) is 67.2 Å². The monoisotopic (exact) mass is 380 g/mol. The van der Waals surface area contributed by atoms with Crippen molar-refractivity contribution in [3.63, 3.8) is 0 Å². The van der Waals surface area contributed by atoms with Gasteiger partial charge in [-0.25, -0.2) is 0 Å². The van der Waals surface area contributed by atoms with E-state index in [-0.39, 0.29) is 6.10 Å². The molecular formula is C25H36OSi. The zero-order valence-electron chi connectivity index (χ0n) is 17.9. The predicted molar refractivity (Wildman–Crippen MR) is 121 cm³/mol. The summed E-state index contributed by atoms with van der Waals surface area (Å²) in [6.07, 6.45) is 0.882. The number of hydrogen-bond donors (Lipinski definition) is 0. The van der Waals surface area contributed by atoms with Gasteiger partial charge < -0.3 is 4.43 Å². The Morgan fingerprint density at radius 2 is 1.22 bits per heavy atom. The summed E-state index contributed by atoms with van der Waals surface area (Å²) in [5.41, 5.74) is 5.29. The molecule has 146 valence electrons. The second-order valence-electron chi connectivity index (χ2n) is 8.51. The van der Waals surface area contributed by atoms with E-state index in [9.17, 15) is 0 Å². The zero-order valence-corrected chi connectivity index (χ0v) is 18.9. The molecule has 2 aromatic rings. The van der Waals surface area contributed by atoms with Gasteiger partial charge in [0.05, 0.1) is 6.10 Å². The quantitative estimate of drug-likeness (QED) is 0.400. The highest BCUT2D eigenvalue weighted by Crippen LogP contribution is 2.46. The summed E-state index contributed by atoms with van der Waals surface area (Å²) in [5, 5.41) is 0. The molecule has 2 rings (SSSR count). The lowest BCUT2D eigenvalue weighted by Crippen LogP contribution is -2.48. The van der Waals surface area contributed by atoms with Gasteiger partial charge in [-0.15, -0.1) is 0 Å². The average Bonchev–Trinajstić information content (AvgIpc) is 2.65. The molecule has 0 aromatic heterocycles. The van der Waals surface area contributed by atoms with Crippen molar-refractivity contribution in [1.82, 2.24) is 0 Å². The Hall–Kier alpha value is -1.64. The van der Waals surface area contributed by atoms with Crippen LogP contribution >= 0.6 is 0 Å². The Morgan fingerprint density at radius 3 is 1.67 bits per heavy atom. The zero-order chi connectivity index (χ0) is 20.0. The van der Waals surface area contributed by atoms with E-state index in [2.05, 4.69) is 109 Å². The molecule has 2 heteroatoms. The van der Waals surface area contributed by atoms with Gasteiger partial charge in [-0.3, -0.25) is 0 Å². The van der Waals surface area contributed by atoms with Gasteiger partial charge in [0.1, 0.15) is 0 Å². The molecule has 0 aliphatic carbocycles. The van der Waals surface area contributed by atoms with E-state index in [1.165, 1.54) is 11.1 Å². The maximum absolute atomic E-state index is 7.18. The summed E-state index contributed by atoms with van der Waals surface area (Å²) < 4.78 is 7.18. The van der Waals surface area contributed by atoms with Crippen LogP contribution < -0.4 is 0 Å². The lowest BCUT2D eigenvalue weighted by atomic mass is 9.97. The first-order valence-electron chi connectivity index (χ1n) is 10.2. The minimum atomic E-state index is -1.98. The van der Waals surface area contributed by atoms with Crippen molar-refractivity contribution < 1.29 is 4.43 Å². The Labute approximate surface area is 167 Å². The van der Waals surface area contributed by atoms with Crippen LogP contribution in [0.3, 0.4) is 0 Å². The molecule has 1 unspecified atom stereocenters. The first-order chi connectivity index (χ1) is 12.8. The van der Waals surface area contributed by atoms with Crippen molar-refractivity contribution in [2.75, 3.05) is 0 Å². The lowest BCUT2D eigenvalue weighted by molar-refractivity contribution is 0.181. The fourth-order valence-electron chi connectivity index (χ4n) is 4.57. The molecule has 0 saturated heterocycles. The van der Waals surface area contributed by atoms with Crippen LogP contribution in [-0.4, -0.2) is 8.32 Å². The van der Waals surface area contributed by atoms with E-state index >= 15 is 0 Å². The Bertz CT molecular complexity index is 682. The van der Waals surface area contributed by atoms with E-state index in [4.69, 9.17) is 4.43 Å². The molecule has 27 heavy (non-hydrogen) atoms. The number of rotatable bonds is 9. The number of hydrogen-bond acceptors (Lipinski definition) is 1. The molecule has 0 heterocycles. The van der Waals surface area contributed by atoms with Crippen LogP contribution in [0, 0.1) is 0 Å². The van der Waals surface area contributed by atoms with Gasteiger partial charge in [-0.1, -0.05) is 109 Å². The van der Waals surface area contributed by atoms with Crippen LogP contribution in [0.2, 0.25) is 16.6 Å². The van der Waals surface area contributed by atoms with E-state index < -0.39 is 8.32 Å². The molecule has 0 fully saturated rings. The summed E-state index contributed by atoms with van der Waals surface area (Å²) >= 11 is 0. The van der Waals surface area contributed by atoms with Gasteiger partial charge in [0, 0.05) is 6.42 Å². The number of benzene rings is 2. The first-order valence-corrected chi connectivity index (χ1v) is 12.4. The van der Waals surface area contributed by atoms with Crippen LogP contribution in [0.1, 0.15) is 65.2 Å². The molecule has 0 aliphatic rings. The highest BCUT2D eigenvalue weighted by molar-refractivity contribution is 6.77. The highest BCUT2D eigenvalue weighted by Gasteiger charge is 2.46. The Balaban J connectivity index is 2.39. The molecule has 0 N–H and O–H groups in total. The van der Waals surface area contributed by atoms with Gasteiger partial charge in [0.2, 0.25) is 8.32 Å². The normalized spacial score (nSPS) is 13.4. The third-order valence-electron chi connectivity index (χ3n) is 5.84. The molecule has 0 amide bonds. The van der Waals surface area contributed by atoms with Crippen molar-refractivity contribution >= 4 is 13.9 Å². The summed E-state index contributed by atoms with van der Waals surface area (Å²) in [6.45, 7) is 18.5. The van der Waals surface area contributed by atoms with E-state index in [0.29, 0.717) is 16.6 Å². The second kappa shape index (κ2) is 9.52. The summed E-state index contributed by atoms with van der Waals surface area (Å²) in [4.78, 5) is 0. The summed E-state index contributed by atoms with van der Waals surface area (Å²) in [6, 6.07) is 21.2. The summed E-state index contributed by atoms with van der Waals surface area (Å²) in [5.74, 6) is 0. The minimum Gasteiger partial charge on any atom is -0.409 e. The molecular weight excluding hydrogens is 344 g/mol. The Morgan fingerprint density at radius 1 is 0.778 bits per heavy atom. The molecule has 0 spiro atoms. The molecule has 2 aromatic carbocycles. The second-order valence-corrected chi connectivity index (χ2v) is 13.9. The van der Waals surface area contributed by atoms with Crippen molar-refractivity contribution in [3.8, 4) is 0 Å². The van der Waals surface area contributed by atoms with E-state index in [1.807, 2.05) is 0 Å². The van der Waals surface area contributed by atoms with E-state index in [1.54, 1.807) is 0 Å². The van der Waals surface area contributed by atoms with Crippen LogP contribution in [0.4, 0.5) is 0 Å². The van der Waals surface area contributed by atoms with Gasteiger partial charge in [-0.05, 0) is 33.3 Å². The smallest absolute Gasteiger partial charge is 0.201 e. The average molecular weight is 381 g/mol. The van der Waals surface area contributed by atoms with Crippen molar-refractivity contribution in [2.45, 2.75) is 70.7 Å². The van der Waals surface area contributed by atoms with Crippen molar-refractivity contribution in [3.05, 3.63) is 78.4 Å². The van der Waals surface area contributed by atoms with Gasteiger partial charge in [-0.2, -0.15) is 0 Å². The maximum Gasteiger partial charge on any atom is 0.201 e. The van der Waals surface area contributed by atoms with Gasteiger partial charge in [0.25, 0.3) is 0 Å². The van der Waals surface area contributed by atoms with E-state index in [0.717, 1.165) is 12.0 Å². The third kappa shape index (κ3) is 5.00. The minimum absolute atomic E-state index is 0.0535. The van der Waals surface area contributed by atoms with Gasteiger partial charge >= 0.3 is 0 Å². The van der Waals surface area contributed by atoms with Crippen LogP contribution in [-0.2, 0) is 4.43 Å². The molecule has 0 saturated carbocycles. The maximum atomic E-state index is 7.18. The standard InChI is InChI=1S/C25H36OSi/c1-19(2)27(20(3)4,21(5)6)26-25(24-16-12-9-13-17-24)18-22(7)23-14-10-8-11-15-23/h8-17,19-21,25H,7,18H2,1-6H3. The van der Waals surface area contributed by atoms with Crippen LogP contribution in [0.25, 0.3) is 5.57 Å². The largest absolute Gasteiger partial charge is 0.409 e. The molecule has 0 bridgehead atoms. The SMILES string of the molecule is C=C(CC(O[Si](C(C)C)(C(C)C)C(C)C)c1ccccc1)c1ccccc1. The molecule has 0 radical (unpaired) electrons. The first kappa shape index (κ1) is 21.7. The fourth-order valence-corrected chi connectivity index (χ4v) is 10.1. The highest BCUT2D eigenvalue weighted by atomic mass is 28.4. The topological polar surface area (TPSA) is 9.23 Å². The summed E-state index contributed by atoms with van der Waals surface area (Å²) in [7, 11) is -1.98. The molecule has 0 aliphatic heterocycles. The molecule has 1 atom stereocenters. The van der Waals surface area contributed by atoms with Crippen molar-refractivity contribution in [1.29, 1.82) is 0 Å². The van der Waals surface area contributed by atoms with Crippen molar-refractivity contribution in [2.24, 2.45) is 0 Å². The van der Waals surface area contributed by atoms with Crippen LogP contribution in [0.5, 0.6) is 0 Å². The molecule has 1 nitrogen and oxygen atoms in total. The fraction of sp³-hybridized carbons (Fsp3) is 0.440. The Kier molecular flexibility index (Phi) is 7.64.